The van der Waals surface area contributed by atoms with E-state index in [0.29, 0.717) is 5.02 Å². The lowest BCUT2D eigenvalue weighted by molar-refractivity contribution is 0.531. The third-order valence-electron chi connectivity index (χ3n) is 2.98. The first kappa shape index (κ1) is 14.0. The van der Waals surface area contributed by atoms with Gasteiger partial charge in [-0.05, 0) is 54.9 Å². The third kappa shape index (κ3) is 3.11. The lowest BCUT2D eigenvalue weighted by Gasteiger charge is -2.14. The molecule has 0 aliphatic carbocycles. The van der Waals surface area contributed by atoms with Crippen LogP contribution < -0.4 is 5.32 Å². The highest BCUT2D eigenvalue weighted by atomic mass is 35.5. The van der Waals surface area contributed by atoms with Crippen molar-refractivity contribution in [3.05, 3.63) is 34.6 Å². The van der Waals surface area contributed by atoms with Crippen LogP contribution in [0.5, 0.6) is 0 Å². The van der Waals surface area contributed by atoms with E-state index < -0.39 is 0 Å². The van der Waals surface area contributed by atoms with Crippen molar-refractivity contribution in [1.29, 1.82) is 0 Å². The molecule has 0 bridgehead atoms. The summed E-state index contributed by atoms with van der Waals surface area (Å²) in [6.07, 6.45) is 1.07. The van der Waals surface area contributed by atoms with Gasteiger partial charge >= 0.3 is 0 Å². The quantitative estimate of drug-likeness (QED) is 0.914. The Morgan fingerprint density at radius 1 is 1.42 bits per heavy atom. The van der Waals surface area contributed by atoms with Crippen LogP contribution >= 0.6 is 11.6 Å². The Bertz CT molecular complexity index is 552. The monoisotopic (exact) mass is 279 g/mol. The summed E-state index contributed by atoms with van der Waals surface area (Å²) in [7, 11) is 0. The van der Waals surface area contributed by atoms with Gasteiger partial charge in [-0.1, -0.05) is 24.6 Å². The number of hydrogen-bond acceptors (Lipinski definition) is 4. The molecule has 19 heavy (non-hydrogen) atoms. The van der Waals surface area contributed by atoms with Gasteiger partial charge < -0.3 is 5.32 Å². The molecule has 0 spiro atoms. The summed E-state index contributed by atoms with van der Waals surface area (Å²) in [5, 5.41) is 16.0. The van der Waals surface area contributed by atoms with Crippen molar-refractivity contribution in [2.45, 2.75) is 33.2 Å². The summed E-state index contributed by atoms with van der Waals surface area (Å²) in [5.74, 6) is 0.791. The first-order valence-electron chi connectivity index (χ1n) is 6.41. The van der Waals surface area contributed by atoms with Crippen molar-refractivity contribution in [2.24, 2.45) is 0 Å². The van der Waals surface area contributed by atoms with Crippen LogP contribution in [0.1, 0.15) is 37.7 Å². The second-order valence-corrected chi connectivity index (χ2v) is 4.99. The molecule has 1 aromatic heterocycles. The lowest BCUT2D eigenvalue weighted by atomic mass is 10.2. The average molecular weight is 280 g/mol. The molecule has 0 amide bonds. The lowest BCUT2D eigenvalue weighted by Crippen LogP contribution is -2.23. The van der Waals surface area contributed by atoms with E-state index in [-0.39, 0.29) is 6.04 Å². The molecular weight excluding hydrogens is 262 g/mol. The Hall–Kier alpha value is -1.46. The SMILES string of the molecule is CCCNC(C)c1nnnn1-c1cc(Cl)ccc1C. The number of nitrogens with zero attached hydrogens (tertiary/aromatic N) is 4. The molecule has 5 nitrogen and oxygen atoms in total. The number of aryl methyl sites for hydroxylation is 1. The highest BCUT2D eigenvalue weighted by molar-refractivity contribution is 6.30. The van der Waals surface area contributed by atoms with Crippen molar-refractivity contribution in [3.63, 3.8) is 0 Å². The van der Waals surface area contributed by atoms with Gasteiger partial charge in [0.2, 0.25) is 0 Å². The second kappa shape index (κ2) is 6.12. The zero-order valence-electron chi connectivity index (χ0n) is 11.4. The standard InChI is InChI=1S/C13H18ClN5/c1-4-7-15-10(3)13-16-17-18-19(13)12-8-11(14)6-5-9(12)2/h5-6,8,10,15H,4,7H2,1-3H3. The van der Waals surface area contributed by atoms with Crippen molar-refractivity contribution >= 4 is 11.6 Å². The summed E-state index contributed by atoms with van der Waals surface area (Å²) in [5.41, 5.74) is 2.00. The minimum atomic E-state index is 0.0910. The molecule has 0 saturated heterocycles. The molecule has 0 aliphatic heterocycles. The molecule has 0 aliphatic rings. The molecule has 0 saturated carbocycles. The number of hydrogen-bond donors (Lipinski definition) is 1. The van der Waals surface area contributed by atoms with E-state index >= 15 is 0 Å². The van der Waals surface area contributed by atoms with E-state index in [1.165, 1.54) is 0 Å². The van der Waals surface area contributed by atoms with Crippen LogP contribution in [-0.2, 0) is 0 Å². The van der Waals surface area contributed by atoms with Gasteiger partial charge in [-0.25, -0.2) is 0 Å². The predicted molar refractivity (Wildman–Crippen MR) is 75.6 cm³/mol. The smallest absolute Gasteiger partial charge is 0.173 e. The maximum absolute atomic E-state index is 6.05. The number of tetrazole rings is 1. The fraction of sp³-hybridized carbons (Fsp3) is 0.462. The molecule has 1 atom stereocenters. The number of rotatable bonds is 5. The highest BCUT2D eigenvalue weighted by Crippen LogP contribution is 2.21. The minimum absolute atomic E-state index is 0.0910. The van der Waals surface area contributed by atoms with Crippen LogP contribution in [0, 0.1) is 6.92 Å². The molecule has 0 fully saturated rings. The third-order valence-corrected chi connectivity index (χ3v) is 3.22. The molecule has 0 radical (unpaired) electrons. The van der Waals surface area contributed by atoms with Crippen molar-refractivity contribution < 1.29 is 0 Å². The van der Waals surface area contributed by atoms with E-state index in [9.17, 15) is 0 Å². The number of halogens is 1. The molecule has 1 heterocycles. The first-order chi connectivity index (χ1) is 9.13. The normalized spacial score (nSPS) is 12.6. The largest absolute Gasteiger partial charge is 0.307 e. The minimum Gasteiger partial charge on any atom is -0.307 e. The van der Waals surface area contributed by atoms with Gasteiger partial charge in [0.1, 0.15) is 0 Å². The number of benzene rings is 1. The van der Waals surface area contributed by atoms with Crippen LogP contribution in [0.4, 0.5) is 0 Å². The van der Waals surface area contributed by atoms with Gasteiger partial charge in [0.05, 0.1) is 11.7 Å². The molecule has 102 valence electrons. The van der Waals surface area contributed by atoms with Gasteiger partial charge in [-0.3, -0.25) is 0 Å². The Kier molecular flexibility index (Phi) is 4.50. The van der Waals surface area contributed by atoms with Crippen molar-refractivity contribution in [1.82, 2.24) is 25.5 Å². The van der Waals surface area contributed by atoms with Gasteiger partial charge in [-0.2, -0.15) is 4.68 Å². The van der Waals surface area contributed by atoms with Crippen LogP contribution in [0.15, 0.2) is 18.2 Å². The van der Waals surface area contributed by atoms with Crippen LogP contribution in [0.25, 0.3) is 5.69 Å². The summed E-state index contributed by atoms with van der Waals surface area (Å²) < 4.78 is 1.74. The maximum Gasteiger partial charge on any atom is 0.173 e. The predicted octanol–water partition coefficient (Wildman–Crippen LogP) is 2.68. The van der Waals surface area contributed by atoms with Crippen LogP contribution in [-0.4, -0.2) is 26.8 Å². The van der Waals surface area contributed by atoms with Gasteiger partial charge in [0.25, 0.3) is 0 Å². The van der Waals surface area contributed by atoms with Crippen LogP contribution in [0.3, 0.4) is 0 Å². The molecule has 6 heteroatoms. The second-order valence-electron chi connectivity index (χ2n) is 4.56. The number of nitrogens with one attached hydrogen (secondary N) is 1. The van der Waals surface area contributed by atoms with E-state index in [1.807, 2.05) is 25.1 Å². The molecular formula is C13H18ClN5. The molecule has 1 N–H and O–H groups in total. The Balaban J connectivity index is 2.35. The summed E-state index contributed by atoms with van der Waals surface area (Å²) in [4.78, 5) is 0. The van der Waals surface area contributed by atoms with E-state index in [0.717, 1.165) is 30.0 Å². The van der Waals surface area contributed by atoms with E-state index in [2.05, 4.69) is 34.7 Å². The van der Waals surface area contributed by atoms with E-state index in [1.54, 1.807) is 4.68 Å². The van der Waals surface area contributed by atoms with Crippen molar-refractivity contribution in [2.75, 3.05) is 6.54 Å². The zero-order chi connectivity index (χ0) is 13.8. The van der Waals surface area contributed by atoms with Gasteiger partial charge in [-0.15, -0.1) is 5.10 Å². The van der Waals surface area contributed by atoms with E-state index in [4.69, 9.17) is 11.6 Å². The summed E-state index contributed by atoms with van der Waals surface area (Å²) in [6, 6.07) is 5.80. The fourth-order valence-corrected chi connectivity index (χ4v) is 2.06. The summed E-state index contributed by atoms with van der Waals surface area (Å²) >= 11 is 6.05. The van der Waals surface area contributed by atoms with Gasteiger partial charge in [0.15, 0.2) is 5.82 Å². The highest BCUT2D eigenvalue weighted by Gasteiger charge is 2.16. The topological polar surface area (TPSA) is 55.6 Å². The fourth-order valence-electron chi connectivity index (χ4n) is 1.90. The average Bonchev–Trinajstić information content (AvgIpc) is 2.88. The molecule has 1 aromatic carbocycles. The maximum atomic E-state index is 6.05. The molecule has 2 aromatic rings. The first-order valence-corrected chi connectivity index (χ1v) is 6.79. The Morgan fingerprint density at radius 2 is 2.21 bits per heavy atom. The Labute approximate surface area is 118 Å². The Morgan fingerprint density at radius 3 is 2.95 bits per heavy atom. The molecule has 2 rings (SSSR count). The summed E-state index contributed by atoms with van der Waals surface area (Å²) in [6.45, 7) is 7.13. The zero-order valence-corrected chi connectivity index (χ0v) is 12.1. The van der Waals surface area contributed by atoms with Gasteiger partial charge in [0, 0.05) is 5.02 Å². The van der Waals surface area contributed by atoms with Crippen molar-refractivity contribution in [3.8, 4) is 5.69 Å². The molecule has 1 unspecified atom stereocenters. The van der Waals surface area contributed by atoms with Crippen LogP contribution in [0.2, 0.25) is 5.02 Å². The number of aromatic nitrogens is 4.